The maximum Gasteiger partial charge on any atom is 0.310 e. The lowest BCUT2D eigenvalue weighted by Gasteiger charge is -2.37. The van der Waals surface area contributed by atoms with Crippen LogP contribution >= 0.6 is 0 Å². The van der Waals surface area contributed by atoms with Crippen molar-refractivity contribution in [1.29, 1.82) is 0 Å². The molecule has 2 N–H and O–H groups in total. The molecule has 1 aliphatic rings. The number of piperidine rings is 1. The molecular formula is C19H17F4N5O. The third-order valence-corrected chi connectivity index (χ3v) is 5.20. The maximum atomic E-state index is 14.1. The summed E-state index contributed by atoms with van der Waals surface area (Å²) in [5, 5.41) is 4.16. The highest BCUT2D eigenvalue weighted by molar-refractivity contribution is 5.47. The van der Waals surface area contributed by atoms with Gasteiger partial charge in [-0.2, -0.15) is 8.91 Å². The first-order valence-corrected chi connectivity index (χ1v) is 8.97. The Balaban J connectivity index is 1.62. The molecule has 10 heteroatoms. The fourth-order valence-corrected chi connectivity index (χ4v) is 3.68. The van der Waals surface area contributed by atoms with Crippen molar-refractivity contribution in [2.45, 2.75) is 25.3 Å². The lowest BCUT2D eigenvalue weighted by Crippen LogP contribution is -2.48. The van der Waals surface area contributed by atoms with E-state index in [1.807, 2.05) is 0 Å². The molecule has 29 heavy (non-hydrogen) atoms. The van der Waals surface area contributed by atoms with Gasteiger partial charge in [-0.25, -0.2) is 18.2 Å². The van der Waals surface area contributed by atoms with Crippen molar-refractivity contribution in [3.8, 4) is 0 Å². The van der Waals surface area contributed by atoms with Gasteiger partial charge in [0, 0.05) is 31.1 Å². The number of benzene rings is 1. The molecule has 0 radical (unpaired) electrons. The van der Waals surface area contributed by atoms with Gasteiger partial charge >= 0.3 is 5.56 Å². The highest BCUT2D eigenvalue weighted by Gasteiger charge is 2.31. The average molecular weight is 407 g/mol. The number of anilines is 1. The minimum absolute atomic E-state index is 0.0130. The minimum Gasteiger partial charge on any atom is -0.354 e. The molecule has 1 aliphatic heterocycles. The first kappa shape index (κ1) is 19.3. The molecule has 1 saturated heterocycles. The fraction of sp³-hybridized carbons (Fsp3) is 0.316. The first-order valence-electron chi connectivity index (χ1n) is 8.97. The Morgan fingerprint density at radius 2 is 1.83 bits per heavy atom. The Hall–Kier alpha value is -3.01. The second-order valence-corrected chi connectivity index (χ2v) is 7.07. The smallest absolute Gasteiger partial charge is 0.310 e. The van der Waals surface area contributed by atoms with Crippen LogP contribution in [0, 0.1) is 30.2 Å². The van der Waals surface area contributed by atoms with Crippen molar-refractivity contribution in [2.75, 3.05) is 18.0 Å². The summed E-state index contributed by atoms with van der Waals surface area (Å²) in [6.07, 6.45) is 0.359. The summed E-state index contributed by atoms with van der Waals surface area (Å²) in [6.45, 7) is 2.01. The van der Waals surface area contributed by atoms with Crippen molar-refractivity contribution < 1.29 is 17.6 Å². The molecule has 1 aromatic carbocycles. The van der Waals surface area contributed by atoms with Gasteiger partial charge in [0.05, 0.1) is 5.69 Å². The van der Waals surface area contributed by atoms with E-state index in [1.165, 1.54) is 6.92 Å². The number of rotatable bonds is 2. The molecule has 1 fully saturated rings. The third-order valence-electron chi connectivity index (χ3n) is 5.20. The number of hydrogen-bond donors (Lipinski definition) is 1. The van der Waals surface area contributed by atoms with Crippen LogP contribution < -0.4 is 16.2 Å². The van der Waals surface area contributed by atoms with Gasteiger partial charge in [0.25, 0.3) is 0 Å². The van der Waals surface area contributed by atoms with E-state index in [1.54, 1.807) is 17.0 Å². The predicted octanol–water partition coefficient (Wildman–Crippen LogP) is 2.28. The number of aryl methyl sites for hydroxylation is 1. The van der Waals surface area contributed by atoms with Crippen LogP contribution in [0.1, 0.15) is 23.6 Å². The van der Waals surface area contributed by atoms with Crippen molar-refractivity contribution >= 4 is 11.5 Å². The van der Waals surface area contributed by atoms with Gasteiger partial charge in [-0.15, -0.1) is 5.10 Å². The molecule has 0 saturated carbocycles. The molecule has 152 valence electrons. The van der Waals surface area contributed by atoms with Crippen LogP contribution in [-0.4, -0.2) is 33.7 Å². The molecule has 1 unspecified atom stereocenters. The van der Waals surface area contributed by atoms with Gasteiger partial charge in [-0.3, -0.25) is 4.79 Å². The van der Waals surface area contributed by atoms with E-state index in [2.05, 4.69) is 10.1 Å². The number of hydrogen-bond acceptors (Lipinski definition) is 5. The Bertz CT molecular complexity index is 1170. The molecule has 0 bridgehead atoms. The molecule has 2 aromatic heterocycles. The molecule has 3 heterocycles. The number of nitrogens with zero attached hydrogens (tertiary/aromatic N) is 4. The van der Waals surface area contributed by atoms with E-state index >= 15 is 0 Å². The van der Waals surface area contributed by atoms with Crippen molar-refractivity contribution in [3.63, 3.8) is 0 Å². The summed E-state index contributed by atoms with van der Waals surface area (Å²) in [5.41, 5.74) is 5.51. The molecule has 4 rings (SSSR count). The zero-order chi connectivity index (χ0) is 20.9. The Morgan fingerprint density at radius 3 is 2.55 bits per heavy atom. The zero-order valence-corrected chi connectivity index (χ0v) is 15.4. The van der Waals surface area contributed by atoms with E-state index in [-0.39, 0.29) is 23.4 Å². The second kappa shape index (κ2) is 7.11. The van der Waals surface area contributed by atoms with Crippen LogP contribution in [0.3, 0.4) is 0 Å². The zero-order valence-electron chi connectivity index (χ0n) is 15.4. The molecule has 0 spiro atoms. The van der Waals surface area contributed by atoms with E-state index in [9.17, 15) is 22.4 Å². The monoisotopic (exact) mass is 407 g/mol. The molecule has 0 aliphatic carbocycles. The van der Waals surface area contributed by atoms with E-state index < -0.39 is 40.8 Å². The highest BCUT2D eigenvalue weighted by atomic mass is 19.2. The fourth-order valence-electron chi connectivity index (χ4n) is 3.68. The quantitative estimate of drug-likeness (QED) is 0.521. The summed E-state index contributed by atoms with van der Waals surface area (Å²) >= 11 is 0. The molecule has 3 aromatic rings. The highest BCUT2D eigenvalue weighted by Crippen LogP contribution is 2.32. The van der Waals surface area contributed by atoms with Crippen LogP contribution in [-0.2, 0) is 0 Å². The van der Waals surface area contributed by atoms with E-state index in [4.69, 9.17) is 5.73 Å². The lowest BCUT2D eigenvalue weighted by atomic mass is 9.85. The van der Waals surface area contributed by atoms with Crippen molar-refractivity contribution in [2.24, 2.45) is 5.73 Å². The summed E-state index contributed by atoms with van der Waals surface area (Å²) in [4.78, 5) is 17.9. The lowest BCUT2D eigenvalue weighted by molar-refractivity contribution is 0.415. The topological polar surface area (TPSA) is 76.5 Å². The number of halogens is 4. The van der Waals surface area contributed by atoms with E-state index in [0.29, 0.717) is 24.8 Å². The van der Waals surface area contributed by atoms with Gasteiger partial charge in [-0.05, 0) is 37.1 Å². The van der Waals surface area contributed by atoms with Crippen LogP contribution in [0.5, 0.6) is 0 Å². The number of aromatic nitrogens is 3. The summed E-state index contributed by atoms with van der Waals surface area (Å²) < 4.78 is 55.6. The minimum atomic E-state index is -1.25. The number of nitrogens with two attached hydrogens (primary N) is 1. The average Bonchev–Trinajstić information content (AvgIpc) is 2.69. The van der Waals surface area contributed by atoms with Crippen LogP contribution in [0.4, 0.5) is 23.4 Å². The molecular weight excluding hydrogens is 390 g/mol. The standard InChI is InChI=1S/C19H17F4N5O/c1-9-18(23)19(29)28-16(25-9)2-3-17(26-28)27-5-4-10(15(24)8-27)11-6-13(21)14(22)7-12(11)20/h2-3,6-7,10,15H,4-5,8,24H2,1H3/t10?,15-/m0/s1. The summed E-state index contributed by atoms with van der Waals surface area (Å²) in [5.74, 6) is -4.33. The SMILES string of the molecule is Cc1nc2ccc(N3CCC(c4cc(F)c(F)cc4F)[C@@H](N)C3)nn2c(=O)c1F. The Labute approximate surface area is 162 Å². The predicted molar refractivity (Wildman–Crippen MR) is 97.8 cm³/mol. The molecule has 6 nitrogen and oxygen atoms in total. The number of fused-ring (bicyclic) bond motifs is 1. The summed E-state index contributed by atoms with van der Waals surface area (Å²) in [6, 6.07) is 3.94. The molecule has 2 atom stereocenters. The van der Waals surface area contributed by atoms with Gasteiger partial charge in [0.15, 0.2) is 17.3 Å². The van der Waals surface area contributed by atoms with Crippen LogP contribution in [0.2, 0.25) is 0 Å². The van der Waals surface area contributed by atoms with Crippen molar-refractivity contribution in [1.82, 2.24) is 14.6 Å². The van der Waals surface area contributed by atoms with E-state index in [0.717, 1.165) is 10.6 Å². The maximum absolute atomic E-state index is 14.1. The van der Waals surface area contributed by atoms with Gasteiger partial charge in [0.1, 0.15) is 11.6 Å². The third kappa shape index (κ3) is 3.33. The van der Waals surface area contributed by atoms with Crippen LogP contribution in [0.15, 0.2) is 29.1 Å². The largest absolute Gasteiger partial charge is 0.354 e. The van der Waals surface area contributed by atoms with Gasteiger partial charge < -0.3 is 10.6 Å². The van der Waals surface area contributed by atoms with Crippen LogP contribution in [0.25, 0.3) is 5.65 Å². The Morgan fingerprint density at radius 1 is 1.10 bits per heavy atom. The van der Waals surface area contributed by atoms with Gasteiger partial charge in [-0.1, -0.05) is 0 Å². The second-order valence-electron chi connectivity index (χ2n) is 7.07. The van der Waals surface area contributed by atoms with Gasteiger partial charge in [0.2, 0.25) is 5.82 Å². The summed E-state index contributed by atoms with van der Waals surface area (Å²) in [7, 11) is 0. The first-order chi connectivity index (χ1) is 13.8. The Kier molecular flexibility index (Phi) is 4.73. The normalized spacial score (nSPS) is 19.7. The van der Waals surface area contributed by atoms with Crippen molar-refractivity contribution in [3.05, 3.63) is 69.1 Å². The molecule has 0 amide bonds.